The number of nitrogens with zero attached hydrogens (tertiary/aromatic N) is 3. The Morgan fingerprint density at radius 2 is 2.06 bits per heavy atom. The second-order valence-corrected chi connectivity index (χ2v) is 3.77. The van der Waals surface area contributed by atoms with E-state index >= 15 is 0 Å². The standard InChI is InChI=1S/C11H21N5O2/c1-4-16(5-2)10(17)6-7-13-11-15-14-9(18-11)8-12-3/h12H,4-8H2,1-3H3,(H,13,15). The summed E-state index contributed by atoms with van der Waals surface area (Å²) in [5.74, 6) is 0.650. The van der Waals surface area contributed by atoms with E-state index in [1.807, 2.05) is 13.8 Å². The van der Waals surface area contributed by atoms with Crippen molar-refractivity contribution in [2.45, 2.75) is 26.8 Å². The predicted octanol–water partition coefficient (Wildman–Crippen LogP) is 0.459. The Morgan fingerprint density at radius 3 is 2.67 bits per heavy atom. The first-order valence-corrected chi connectivity index (χ1v) is 6.19. The van der Waals surface area contributed by atoms with Gasteiger partial charge in [0.05, 0.1) is 6.54 Å². The van der Waals surface area contributed by atoms with E-state index in [0.29, 0.717) is 31.4 Å². The van der Waals surface area contributed by atoms with Gasteiger partial charge in [-0.25, -0.2) is 0 Å². The maximum Gasteiger partial charge on any atom is 0.315 e. The highest BCUT2D eigenvalue weighted by Crippen LogP contribution is 2.05. The van der Waals surface area contributed by atoms with Gasteiger partial charge in [0.2, 0.25) is 11.8 Å². The van der Waals surface area contributed by atoms with Crippen LogP contribution in [0.2, 0.25) is 0 Å². The van der Waals surface area contributed by atoms with Gasteiger partial charge in [0, 0.05) is 26.1 Å². The summed E-state index contributed by atoms with van der Waals surface area (Å²) in [6.07, 6.45) is 0.422. The van der Waals surface area contributed by atoms with Crippen LogP contribution in [-0.4, -0.2) is 47.7 Å². The maximum absolute atomic E-state index is 11.7. The molecule has 0 aliphatic heterocycles. The number of aromatic nitrogens is 2. The van der Waals surface area contributed by atoms with Gasteiger partial charge in [-0.05, 0) is 20.9 Å². The molecular weight excluding hydrogens is 234 g/mol. The van der Waals surface area contributed by atoms with E-state index in [2.05, 4.69) is 20.8 Å². The molecule has 0 aliphatic carbocycles. The third kappa shape index (κ3) is 4.33. The number of carbonyl (C=O) groups is 1. The van der Waals surface area contributed by atoms with E-state index in [-0.39, 0.29) is 5.91 Å². The molecule has 0 aliphatic rings. The lowest BCUT2D eigenvalue weighted by molar-refractivity contribution is -0.130. The molecule has 1 rings (SSSR count). The molecule has 0 unspecified atom stereocenters. The number of hydrogen-bond donors (Lipinski definition) is 2. The Bertz CT molecular complexity index is 362. The number of anilines is 1. The molecule has 2 N–H and O–H groups in total. The fourth-order valence-corrected chi connectivity index (χ4v) is 1.56. The predicted molar refractivity (Wildman–Crippen MR) is 68.1 cm³/mol. The summed E-state index contributed by atoms with van der Waals surface area (Å²) in [4.78, 5) is 13.5. The third-order valence-corrected chi connectivity index (χ3v) is 2.53. The van der Waals surface area contributed by atoms with Crippen LogP contribution in [0.15, 0.2) is 4.42 Å². The van der Waals surface area contributed by atoms with E-state index in [1.54, 1.807) is 11.9 Å². The zero-order valence-corrected chi connectivity index (χ0v) is 11.2. The molecule has 1 aromatic heterocycles. The molecule has 1 amide bonds. The van der Waals surface area contributed by atoms with Crippen LogP contribution in [-0.2, 0) is 11.3 Å². The topological polar surface area (TPSA) is 83.3 Å². The fraction of sp³-hybridized carbons (Fsp3) is 0.727. The molecule has 102 valence electrons. The van der Waals surface area contributed by atoms with Crippen molar-refractivity contribution in [3.63, 3.8) is 0 Å². The highest BCUT2D eigenvalue weighted by Gasteiger charge is 2.10. The summed E-state index contributed by atoms with van der Waals surface area (Å²) in [6.45, 7) is 6.45. The normalized spacial score (nSPS) is 10.4. The van der Waals surface area contributed by atoms with Crippen molar-refractivity contribution in [2.24, 2.45) is 0 Å². The Labute approximate surface area is 107 Å². The van der Waals surface area contributed by atoms with Crippen LogP contribution in [0.3, 0.4) is 0 Å². The molecule has 0 spiro atoms. The highest BCUT2D eigenvalue weighted by molar-refractivity contribution is 5.76. The second kappa shape index (κ2) is 7.65. The van der Waals surface area contributed by atoms with Gasteiger partial charge in [-0.3, -0.25) is 4.79 Å². The van der Waals surface area contributed by atoms with Crippen LogP contribution in [0.1, 0.15) is 26.2 Å². The number of hydrogen-bond acceptors (Lipinski definition) is 6. The lowest BCUT2D eigenvalue weighted by Crippen LogP contribution is -2.31. The Kier molecular flexibility index (Phi) is 6.13. The minimum absolute atomic E-state index is 0.127. The summed E-state index contributed by atoms with van der Waals surface area (Å²) < 4.78 is 5.30. The van der Waals surface area contributed by atoms with Gasteiger partial charge in [-0.1, -0.05) is 5.10 Å². The molecule has 0 saturated carbocycles. The number of amides is 1. The van der Waals surface area contributed by atoms with Crippen molar-refractivity contribution in [3.05, 3.63) is 5.89 Å². The quantitative estimate of drug-likeness (QED) is 0.702. The molecule has 7 heteroatoms. The number of rotatable bonds is 8. The average molecular weight is 255 g/mol. The number of carbonyl (C=O) groups excluding carboxylic acids is 1. The highest BCUT2D eigenvalue weighted by atomic mass is 16.4. The summed E-state index contributed by atoms with van der Waals surface area (Å²) in [6, 6.07) is 0.354. The molecule has 0 saturated heterocycles. The van der Waals surface area contributed by atoms with E-state index in [9.17, 15) is 4.79 Å². The summed E-state index contributed by atoms with van der Waals surface area (Å²) in [5, 5.41) is 13.5. The zero-order chi connectivity index (χ0) is 13.4. The van der Waals surface area contributed by atoms with E-state index in [0.717, 1.165) is 13.1 Å². The Hall–Kier alpha value is -1.63. The molecule has 0 radical (unpaired) electrons. The first-order chi connectivity index (χ1) is 8.71. The van der Waals surface area contributed by atoms with Crippen molar-refractivity contribution >= 4 is 11.9 Å². The van der Waals surface area contributed by atoms with Gasteiger partial charge in [-0.15, -0.1) is 5.10 Å². The Morgan fingerprint density at radius 1 is 1.33 bits per heavy atom. The Balaban J connectivity index is 2.30. The molecule has 7 nitrogen and oxygen atoms in total. The minimum atomic E-state index is 0.127. The van der Waals surface area contributed by atoms with E-state index in [4.69, 9.17) is 4.42 Å². The largest absolute Gasteiger partial charge is 0.407 e. The zero-order valence-electron chi connectivity index (χ0n) is 11.2. The van der Waals surface area contributed by atoms with E-state index in [1.165, 1.54) is 0 Å². The van der Waals surface area contributed by atoms with E-state index < -0.39 is 0 Å². The van der Waals surface area contributed by atoms with Crippen LogP contribution in [0, 0.1) is 0 Å². The molecule has 0 fully saturated rings. The molecule has 0 atom stereocenters. The first-order valence-electron chi connectivity index (χ1n) is 6.19. The van der Waals surface area contributed by atoms with Crippen molar-refractivity contribution in [2.75, 3.05) is 32.0 Å². The number of nitrogens with one attached hydrogen (secondary N) is 2. The smallest absolute Gasteiger partial charge is 0.315 e. The lowest BCUT2D eigenvalue weighted by atomic mass is 10.3. The average Bonchev–Trinajstić information content (AvgIpc) is 2.79. The maximum atomic E-state index is 11.7. The molecule has 1 aromatic rings. The van der Waals surface area contributed by atoms with Crippen molar-refractivity contribution in [1.29, 1.82) is 0 Å². The molecule has 18 heavy (non-hydrogen) atoms. The van der Waals surface area contributed by atoms with Crippen molar-refractivity contribution < 1.29 is 9.21 Å². The summed E-state index contributed by atoms with van der Waals surface area (Å²) in [5.41, 5.74) is 0. The lowest BCUT2D eigenvalue weighted by Gasteiger charge is -2.18. The van der Waals surface area contributed by atoms with Crippen LogP contribution >= 0.6 is 0 Å². The van der Waals surface area contributed by atoms with Gasteiger partial charge >= 0.3 is 6.01 Å². The minimum Gasteiger partial charge on any atom is -0.407 e. The van der Waals surface area contributed by atoms with Gasteiger partial charge in [0.15, 0.2) is 0 Å². The fourth-order valence-electron chi connectivity index (χ4n) is 1.56. The van der Waals surface area contributed by atoms with Gasteiger partial charge in [0.1, 0.15) is 0 Å². The third-order valence-electron chi connectivity index (χ3n) is 2.53. The summed E-state index contributed by atoms with van der Waals surface area (Å²) >= 11 is 0. The van der Waals surface area contributed by atoms with Gasteiger partial charge in [-0.2, -0.15) is 0 Å². The molecule has 0 bridgehead atoms. The van der Waals surface area contributed by atoms with Crippen LogP contribution in [0.5, 0.6) is 0 Å². The van der Waals surface area contributed by atoms with Crippen LogP contribution in [0.4, 0.5) is 6.01 Å². The summed E-state index contributed by atoms with van der Waals surface area (Å²) in [7, 11) is 1.81. The van der Waals surface area contributed by atoms with Crippen molar-refractivity contribution in [1.82, 2.24) is 20.4 Å². The molecule has 0 aromatic carbocycles. The van der Waals surface area contributed by atoms with Crippen LogP contribution < -0.4 is 10.6 Å². The van der Waals surface area contributed by atoms with Crippen LogP contribution in [0.25, 0.3) is 0 Å². The van der Waals surface area contributed by atoms with Gasteiger partial charge < -0.3 is 20.0 Å². The molecular formula is C11H21N5O2. The SMILES string of the molecule is CCN(CC)C(=O)CCNc1nnc(CNC)o1. The second-order valence-electron chi connectivity index (χ2n) is 3.77. The first kappa shape index (κ1) is 14.4. The van der Waals surface area contributed by atoms with Crippen molar-refractivity contribution in [3.8, 4) is 0 Å². The molecule has 1 heterocycles. The van der Waals surface area contributed by atoms with Gasteiger partial charge in [0.25, 0.3) is 0 Å². The monoisotopic (exact) mass is 255 g/mol.